The summed E-state index contributed by atoms with van der Waals surface area (Å²) < 4.78 is 27.4. The van der Waals surface area contributed by atoms with E-state index in [-0.39, 0.29) is 10.5 Å². The maximum atomic E-state index is 11.8. The van der Waals surface area contributed by atoms with Crippen LogP contribution < -0.4 is 10.6 Å². The van der Waals surface area contributed by atoms with Gasteiger partial charge in [-0.3, -0.25) is 10.1 Å². The van der Waals surface area contributed by atoms with E-state index in [2.05, 4.69) is 5.32 Å². The summed E-state index contributed by atoms with van der Waals surface area (Å²) in [7, 11) is -3.36. The zero-order valence-corrected chi connectivity index (χ0v) is 14.7. The van der Waals surface area contributed by atoms with Crippen LogP contribution in [0.4, 0.5) is 4.79 Å². The van der Waals surface area contributed by atoms with E-state index < -0.39 is 39.9 Å². The number of hydrogen-bond acceptors (Lipinski definition) is 6. The zero-order chi connectivity index (χ0) is 18.5. The number of urea groups is 1. The molecule has 1 rings (SSSR count). The van der Waals surface area contributed by atoms with Crippen molar-refractivity contribution in [1.82, 2.24) is 10.6 Å². The van der Waals surface area contributed by atoms with Crippen LogP contribution in [0, 0.1) is 0 Å². The minimum absolute atomic E-state index is 0.0654. The lowest BCUT2D eigenvalue weighted by atomic mass is 10.1. The van der Waals surface area contributed by atoms with Crippen molar-refractivity contribution in [2.75, 3.05) is 12.9 Å². The van der Waals surface area contributed by atoms with Gasteiger partial charge in [-0.2, -0.15) is 0 Å². The molecule has 0 heterocycles. The number of esters is 1. The Morgan fingerprint density at radius 2 is 1.62 bits per heavy atom. The molecule has 0 atom stereocenters. The Kier molecular flexibility index (Phi) is 6.08. The van der Waals surface area contributed by atoms with Gasteiger partial charge >= 0.3 is 12.0 Å². The second kappa shape index (κ2) is 7.43. The molecule has 0 radical (unpaired) electrons. The molecule has 1 aromatic rings. The van der Waals surface area contributed by atoms with Gasteiger partial charge in [0.15, 0.2) is 16.4 Å². The summed E-state index contributed by atoms with van der Waals surface area (Å²) in [4.78, 5) is 34.8. The molecule has 24 heavy (non-hydrogen) atoms. The van der Waals surface area contributed by atoms with Crippen LogP contribution in [0.25, 0.3) is 0 Å². The third-order valence-electron chi connectivity index (χ3n) is 2.59. The molecular formula is C15H20N2O6S. The third-order valence-corrected chi connectivity index (χ3v) is 3.72. The number of sulfone groups is 1. The first-order chi connectivity index (χ1) is 10.9. The van der Waals surface area contributed by atoms with E-state index in [1.807, 2.05) is 5.32 Å². The molecule has 0 bridgehead atoms. The Hall–Kier alpha value is -2.42. The normalized spacial score (nSPS) is 11.5. The number of carbonyl (C=O) groups excluding carboxylic acids is 3. The van der Waals surface area contributed by atoms with Gasteiger partial charge in [-0.05, 0) is 45.0 Å². The summed E-state index contributed by atoms with van der Waals surface area (Å²) in [5.41, 5.74) is -0.420. The minimum Gasteiger partial charge on any atom is -0.452 e. The van der Waals surface area contributed by atoms with E-state index in [4.69, 9.17) is 4.74 Å². The summed E-state index contributed by atoms with van der Waals surface area (Å²) in [5, 5.41) is 4.55. The average Bonchev–Trinajstić information content (AvgIpc) is 2.41. The highest BCUT2D eigenvalue weighted by molar-refractivity contribution is 7.90. The molecule has 0 fully saturated rings. The highest BCUT2D eigenvalue weighted by Gasteiger charge is 2.17. The molecule has 132 valence electrons. The van der Waals surface area contributed by atoms with Gasteiger partial charge in [-0.15, -0.1) is 0 Å². The summed E-state index contributed by atoms with van der Waals surface area (Å²) in [6.07, 6.45) is 1.05. The Labute approximate surface area is 140 Å². The lowest BCUT2D eigenvalue weighted by Gasteiger charge is -2.20. The van der Waals surface area contributed by atoms with Crippen molar-refractivity contribution in [1.29, 1.82) is 0 Å². The van der Waals surface area contributed by atoms with Crippen LogP contribution in [0.3, 0.4) is 0 Å². The number of hydrogen-bond donors (Lipinski definition) is 2. The smallest absolute Gasteiger partial charge is 0.338 e. The number of nitrogens with one attached hydrogen (secondary N) is 2. The molecule has 1 aromatic carbocycles. The molecule has 0 saturated carbocycles. The van der Waals surface area contributed by atoms with Gasteiger partial charge < -0.3 is 10.1 Å². The number of ether oxygens (including phenoxy) is 1. The largest absolute Gasteiger partial charge is 0.452 e. The zero-order valence-electron chi connectivity index (χ0n) is 13.9. The first kappa shape index (κ1) is 19.6. The fourth-order valence-electron chi connectivity index (χ4n) is 1.59. The number of imide groups is 1. The van der Waals surface area contributed by atoms with Crippen LogP contribution in [-0.2, 0) is 19.4 Å². The molecule has 0 aromatic heterocycles. The first-order valence-corrected chi connectivity index (χ1v) is 8.87. The first-order valence-electron chi connectivity index (χ1n) is 6.98. The average molecular weight is 356 g/mol. The molecule has 9 heteroatoms. The van der Waals surface area contributed by atoms with Crippen molar-refractivity contribution in [3.8, 4) is 0 Å². The van der Waals surface area contributed by atoms with E-state index in [0.717, 1.165) is 6.26 Å². The van der Waals surface area contributed by atoms with E-state index in [9.17, 15) is 22.8 Å². The Balaban J connectivity index is 2.54. The van der Waals surface area contributed by atoms with E-state index in [1.165, 1.54) is 24.3 Å². The van der Waals surface area contributed by atoms with Crippen LogP contribution in [0.2, 0.25) is 0 Å². The highest BCUT2D eigenvalue weighted by atomic mass is 32.2. The van der Waals surface area contributed by atoms with E-state index >= 15 is 0 Å². The second-order valence-corrected chi connectivity index (χ2v) is 8.14. The molecule has 0 saturated heterocycles. The number of amides is 3. The maximum absolute atomic E-state index is 11.8. The molecule has 0 spiro atoms. The van der Waals surface area contributed by atoms with E-state index in [1.54, 1.807) is 20.8 Å². The lowest BCUT2D eigenvalue weighted by molar-refractivity contribution is -0.123. The summed E-state index contributed by atoms with van der Waals surface area (Å²) in [6, 6.07) is 4.40. The number of carbonyl (C=O) groups is 3. The van der Waals surface area contributed by atoms with Gasteiger partial charge in [0.05, 0.1) is 10.5 Å². The summed E-state index contributed by atoms with van der Waals surface area (Å²) >= 11 is 0. The van der Waals surface area contributed by atoms with Gasteiger partial charge in [0, 0.05) is 11.8 Å². The third kappa shape index (κ3) is 6.78. The molecule has 0 aliphatic heterocycles. The van der Waals surface area contributed by atoms with Crippen molar-refractivity contribution in [3.05, 3.63) is 29.8 Å². The highest BCUT2D eigenvalue weighted by Crippen LogP contribution is 2.11. The molecule has 0 unspecified atom stereocenters. The fourth-order valence-corrected chi connectivity index (χ4v) is 2.22. The van der Waals surface area contributed by atoms with Crippen molar-refractivity contribution < 1.29 is 27.5 Å². The molecule has 0 aliphatic carbocycles. The van der Waals surface area contributed by atoms with Gasteiger partial charge in [0.1, 0.15) is 0 Å². The summed E-state index contributed by atoms with van der Waals surface area (Å²) in [5.74, 6) is -1.58. The van der Waals surface area contributed by atoms with Crippen molar-refractivity contribution in [2.24, 2.45) is 0 Å². The monoisotopic (exact) mass is 356 g/mol. The topological polar surface area (TPSA) is 119 Å². The quantitative estimate of drug-likeness (QED) is 0.773. The predicted octanol–water partition coefficient (Wildman–Crippen LogP) is 0.871. The second-order valence-electron chi connectivity index (χ2n) is 6.12. The fraction of sp³-hybridized carbons (Fsp3) is 0.400. The number of rotatable bonds is 4. The number of benzene rings is 1. The standard InChI is InChI=1S/C15H20N2O6S/c1-15(2,3)17-14(20)16-12(18)9-23-13(19)10-5-7-11(8-6-10)24(4,21)22/h5-8H,9H2,1-4H3,(H2,16,17,18,20). The Bertz CT molecular complexity index is 732. The van der Waals surface area contributed by atoms with Crippen LogP contribution in [0.5, 0.6) is 0 Å². The van der Waals surface area contributed by atoms with Gasteiger partial charge in [0.25, 0.3) is 5.91 Å². The van der Waals surface area contributed by atoms with Crippen LogP contribution in [0.1, 0.15) is 31.1 Å². The lowest BCUT2D eigenvalue weighted by Crippen LogP contribution is -2.49. The molecule has 3 amide bonds. The SMILES string of the molecule is CC(C)(C)NC(=O)NC(=O)COC(=O)c1ccc(S(C)(=O)=O)cc1. The van der Waals surface area contributed by atoms with E-state index in [0.29, 0.717) is 0 Å². The summed E-state index contributed by atoms with van der Waals surface area (Å²) in [6.45, 7) is 4.61. The van der Waals surface area contributed by atoms with Crippen molar-refractivity contribution in [3.63, 3.8) is 0 Å². The van der Waals surface area contributed by atoms with Gasteiger partial charge in [0.2, 0.25) is 0 Å². The van der Waals surface area contributed by atoms with Gasteiger partial charge in [-0.1, -0.05) is 0 Å². The Morgan fingerprint density at radius 3 is 2.08 bits per heavy atom. The van der Waals surface area contributed by atoms with Crippen LogP contribution >= 0.6 is 0 Å². The van der Waals surface area contributed by atoms with Crippen LogP contribution in [0.15, 0.2) is 29.2 Å². The van der Waals surface area contributed by atoms with Crippen molar-refractivity contribution in [2.45, 2.75) is 31.2 Å². The Morgan fingerprint density at radius 1 is 1.08 bits per heavy atom. The van der Waals surface area contributed by atoms with Crippen LogP contribution in [-0.4, -0.2) is 44.7 Å². The van der Waals surface area contributed by atoms with Gasteiger partial charge in [-0.25, -0.2) is 18.0 Å². The predicted molar refractivity (Wildman–Crippen MR) is 86.3 cm³/mol. The molecular weight excluding hydrogens is 336 g/mol. The molecule has 0 aliphatic rings. The van der Waals surface area contributed by atoms with Crippen molar-refractivity contribution >= 4 is 27.7 Å². The molecule has 2 N–H and O–H groups in total. The minimum atomic E-state index is -3.36. The molecule has 8 nitrogen and oxygen atoms in total. The maximum Gasteiger partial charge on any atom is 0.338 e.